The van der Waals surface area contributed by atoms with E-state index in [0.717, 1.165) is 31.0 Å². The van der Waals surface area contributed by atoms with E-state index in [1.807, 2.05) is 0 Å². The Morgan fingerprint density at radius 2 is 2.05 bits per heavy atom. The van der Waals surface area contributed by atoms with Gasteiger partial charge in [-0.15, -0.1) is 0 Å². The van der Waals surface area contributed by atoms with Gasteiger partial charge < -0.3 is 10.3 Å². The van der Waals surface area contributed by atoms with Crippen LogP contribution >= 0.6 is 0 Å². The van der Waals surface area contributed by atoms with Crippen LogP contribution in [0.3, 0.4) is 0 Å². The molecule has 0 spiro atoms. The molecule has 0 radical (unpaired) electrons. The van der Waals surface area contributed by atoms with Gasteiger partial charge in [-0.25, -0.2) is 4.98 Å². The van der Waals surface area contributed by atoms with Crippen LogP contribution in [0.2, 0.25) is 0 Å². The van der Waals surface area contributed by atoms with Gasteiger partial charge >= 0.3 is 0 Å². The molecule has 0 aliphatic carbocycles. The van der Waals surface area contributed by atoms with Crippen molar-refractivity contribution in [2.24, 2.45) is 0 Å². The summed E-state index contributed by atoms with van der Waals surface area (Å²) in [6.07, 6.45) is 3.55. The second-order valence-electron chi connectivity index (χ2n) is 5.69. The summed E-state index contributed by atoms with van der Waals surface area (Å²) in [5, 5.41) is 3.46. The Morgan fingerprint density at radius 1 is 1.25 bits per heavy atom. The zero-order valence-electron chi connectivity index (χ0n) is 12.4. The van der Waals surface area contributed by atoms with Crippen LogP contribution in [-0.2, 0) is 6.42 Å². The van der Waals surface area contributed by atoms with Crippen molar-refractivity contribution >= 4 is 0 Å². The molecule has 1 atom stereocenters. The molecule has 3 rings (SSSR count). The molecule has 0 bridgehead atoms. The van der Waals surface area contributed by atoms with E-state index in [1.54, 1.807) is 0 Å². The van der Waals surface area contributed by atoms with Crippen molar-refractivity contribution in [2.45, 2.75) is 39.0 Å². The molecule has 3 nitrogen and oxygen atoms in total. The molecule has 1 saturated heterocycles. The van der Waals surface area contributed by atoms with Crippen LogP contribution in [0.25, 0.3) is 11.3 Å². The molecule has 1 aliphatic heterocycles. The smallest absolute Gasteiger partial charge is 0.111 e. The summed E-state index contributed by atoms with van der Waals surface area (Å²) < 4.78 is 0. The summed E-state index contributed by atoms with van der Waals surface area (Å²) in [6, 6.07) is 8.77. The first kappa shape index (κ1) is 13.4. The molecule has 1 aromatic heterocycles. The first-order chi connectivity index (χ1) is 9.78. The molecule has 106 valence electrons. The fourth-order valence-electron chi connectivity index (χ4n) is 2.94. The highest BCUT2D eigenvalue weighted by Gasteiger charge is 2.19. The Labute approximate surface area is 120 Å². The van der Waals surface area contributed by atoms with E-state index in [0.29, 0.717) is 5.92 Å². The van der Waals surface area contributed by atoms with E-state index in [1.165, 1.54) is 29.7 Å². The summed E-state index contributed by atoms with van der Waals surface area (Å²) in [7, 11) is 0. The van der Waals surface area contributed by atoms with Gasteiger partial charge in [0.2, 0.25) is 0 Å². The van der Waals surface area contributed by atoms with Crippen molar-refractivity contribution in [1.82, 2.24) is 15.3 Å². The number of aromatic nitrogens is 2. The molecule has 1 aliphatic rings. The first-order valence-corrected chi connectivity index (χ1v) is 7.64. The Kier molecular flexibility index (Phi) is 3.88. The maximum Gasteiger partial charge on any atom is 0.111 e. The number of aromatic amines is 1. The third kappa shape index (κ3) is 2.63. The molecule has 2 N–H and O–H groups in total. The highest BCUT2D eigenvalue weighted by atomic mass is 15.0. The van der Waals surface area contributed by atoms with E-state index < -0.39 is 0 Å². The minimum absolute atomic E-state index is 0.533. The predicted octanol–water partition coefficient (Wildman–Crippen LogP) is 3.41. The SMILES string of the molecule is CCc1ccc(-c2nc(C3CCCNC3)[nH]c2C)cc1. The third-order valence-corrected chi connectivity index (χ3v) is 4.22. The van der Waals surface area contributed by atoms with E-state index in [-0.39, 0.29) is 0 Å². The summed E-state index contributed by atoms with van der Waals surface area (Å²) in [6.45, 7) is 6.49. The lowest BCUT2D eigenvalue weighted by atomic mass is 9.99. The maximum absolute atomic E-state index is 4.86. The summed E-state index contributed by atoms with van der Waals surface area (Å²) in [5.41, 5.74) is 4.87. The lowest BCUT2D eigenvalue weighted by Gasteiger charge is -2.20. The molecule has 1 fully saturated rings. The van der Waals surface area contributed by atoms with Gasteiger partial charge in [0.05, 0.1) is 5.69 Å². The Balaban J connectivity index is 1.87. The fourth-order valence-corrected chi connectivity index (χ4v) is 2.94. The average Bonchev–Trinajstić information content (AvgIpc) is 2.90. The number of nitrogens with one attached hydrogen (secondary N) is 2. The normalized spacial score (nSPS) is 19.2. The highest BCUT2D eigenvalue weighted by Crippen LogP contribution is 2.27. The molecule has 1 unspecified atom stereocenters. The second-order valence-corrected chi connectivity index (χ2v) is 5.69. The lowest BCUT2D eigenvalue weighted by molar-refractivity contribution is 0.448. The monoisotopic (exact) mass is 269 g/mol. The van der Waals surface area contributed by atoms with E-state index in [9.17, 15) is 0 Å². The number of imidazole rings is 1. The summed E-state index contributed by atoms with van der Waals surface area (Å²) >= 11 is 0. The van der Waals surface area contributed by atoms with Crippen LogP contribution < -0.4 is 5.32 Å². The topological polar surface area (TPSA) is 40.7 Å². The van der Waals surface area contributed by atoms with Gasteiger partial charge in [-0.1, -0.05) is 31.2 Å². The van der Waals surface area contributed by atoms with Crippen LogP contribution in [0.5, 0.6) is 0 Å². The Morgan fingerprint density at radius 3 is 2.70 bits per heavy atom. The summed E-state index contributed by atoms with van der Waals surface area (Å²) in [5.74, 6) is 1.68. The van der Waals surface area contributed by atoms with Gasteiger partial charge in [0.15, 0.2) is 0 Å². The molecule has 3 heteroatoms. The van der Waals surface area contributed by atoms with Crippen LogP contribution in [0.1, 0.15) is 42.8 Å². The van der Waals surface area contributed by atoms with Crippen LogP contribution in [0.4, 0.5) is 0 Å². The maximum atomic E-state index is 4.86. The van der Waals surface area contributed by atoms with Gasteiger partial charge in [-0.3, -0.25) is 0 Å². The first-order valence-electron chi connectivity index (χ1n) is 7.64. The Bertz CT molecular complexity index is 562. The highest BCUT2D eigenvalue weighted by molar-refractivity contribution is 5.62. The molecule has 2 aromatic rings. The van der Waals surface area contributed by atoms with Crippen LogP contribution in [-0.4, -0.2) is 23.1 Å². The van der Waals surface area contributed by atoms with Gasteiger partial charge in [0.25, 0.3) is 0 Å². The molecule has 20 heavy (non-hydrogen) atoms. The lowest BCUT2D eigenvalue weighted by Crippen LogP contribution is -2.28. The van der Waals surface area contributed by atoms with Gasteiger partial charge in [0, 0.05) is 23.7 Å². The van der Waals surface area contributed by atoms with E-state index in [4.69, 9.17) is 4.98 Å². The van der Waals surface area contributed by atoms with E-state index in [2.05, 4.69) is 48.4 Å². The molecule has 0 amide bonds. The summed E-state index contributed by atoms with van der Waals surface area (Å²) in [4.78, 5) is 8.35. The van der Waals surface area contributed by atoms with Crippen molar-refractivity contribution in [1.29, 1.82) is 0 Å². The average molecular weight is 269 g/mol. The van der Waals surface area contributed by atoms with Crippen molar-refractivity contribution < 1.29 is 0 Å². The van der Waals surface area contributed by atoms with Crippen molar-refractivity contribution in [3.05, 3.63) is 41.3 Å². The van der Waals surface area contributed by atoms with Crippen LogP contribution in [0, 0.1) is 6.92 Å². The zero-order chi connectivity index (χ0) is 13.9. The number of hydrogen-bond acceptors (Lipinski definition) is 2. The number of hydrogen-bond donors (Lipinski definition) is 2. The van der Waals surface area contributed by atoms with Crippen molar-refractivity contribution in [2.75, 3.05) is 13.1 Å². The standard InChI is InChI=1S/C17H23N3/c1-3-13-6-8-14(9-7-13)16-12(2)19-17(20-16)15-5-4-10-18-11-15/h6-9,15,18H,3-5,10-11H2,1-2H3,(H,19,20). The number of H-pyrrole nitrogens is 1. The number of piperidine rings is 1. The van der Waals surface area contributed by atoms with E-state index >= 15 is 0 Å². The molecular formula is C17H23N3. The minimum atomic E-state index is 0.533. The number of aryl methyl sites for hydroxylation is 2. The molecular weight excluding hydrogens is 246 g/mol. The van der Waals surface area contributed by atoms with Gasteiger partial charge in [0.1, 0.15) is 5.82 Å². The fraction of sp³-hybridized carbons (Fsp3) is 0.471. The second kappa shape index (κ2) is 5.80. The van der Waals surface area contributed by atoms with Crippen molar-refractivity contribution in [3.63, 3.8) is 0 Å². The quantitative estimate of drug-likeness (QED) is 0.896. The molecule has 0 saturated carbocycles. The minimum Gasteiger partial charge on any atom is -0.345 e. The van der Waals surface area contributed by atoms with Crippen molar-refractivity contribution in [3.8, 4) is 11.3 Å². The van der Waals surface area contributed by atoms with Gasteiger partial charge in [-0.2, -0.15) is 0 Å². The van der Waals surface area contributed by atoms with Crippen LogP contribution in [0.15, 0.2) is 24.3 Å². The largest absolute Gasteiger partial charge is 0.345 e. The predicted molar refractivity (Wildman–Crippen MR) is 83.0 cm³/mol. The van der Waals surface area contributed by atoms with Gasteiger partial charge in [-0.05, 0) is 38.3 Å². The number of rotatable bonds is 3. The number of benzene rings is 1. The third-order valence-electron chi connectivity index (χ3n) is 4.22. The Hall–Kier alpha value is -1.61. The molecule has 2 heterocycles. The molecule has 1 aromatic carbocycles. The number of nitrogens with zero attached hydrogens (tertiary/aromatic N) is 1. The zero-order valence-corrected chi connectivity index (χ0v) is 12.4.